The number of hydrazone groups is 1. The summed E-state index contributed by atoms with van der Waals surface area (Å²) >= 11 is 7.50. The van der Waals surface area contributed by atoms with Crippen molar-refractivity contribution in [2.45, 2.75) is 27.2 Å². The van der Waals surface area contributed by atoms with Gasteiger partial charge < -0.3 is 14.2 Å². The molecule has 0 radical (unpaired) electrons. The molecular weight excluding hydrogens is 500 g/mol. The third-order valence-corrected chi connectivity index (χ3v) is 7.73. The number of fused-ring (bicyclic) bond motifs is 1. The molecule has 1 N–H and O–H groups in total. The Morgan fingerprint density at radius 3 is 2.75 bits per heavy atom. The fourth-order valence-electron chi connectivity index (χ4n) is 4.46. The van der Waals surface area contributed by atoms with Crippen LogP contribution in [0.1, 0.15) is 28.9 Å². The van der Waals surface area contributed by atoms with Gasteiger partial charge in [-0.25, -0.2) is 0 Å². The normalized spacial score (nSPS) is 19.1. The molecule has 1 saturated heterocycles. The van der Waals surface area contributed by atoms with E-state index in [1.165, 1.54) is 5.01 Å². The zero-order valence-corrected chi connectivity index (χ0v) is 21.7. The SMILES string of the molecule is Cc1c(Cl)cccc1-n1c(C)cc(/C=C2/C(=N)N3N=C(CC(=O)N4CCOCC4)SC3=NC2=O)c1C. The van der Waals surface area contributed by atoms with E-state index in [1.54, 1.807) is 11.0 Å². The molecule has 0 unspecified atom stereocenters. The van der Waals surface area contributed by atoms with Crippen molar-refractivity contribution in [2.75, 3.05) is 26.3 Å². The average Bonchev–Trinajstić information content (AvgIpc) is 3.38. The predicted molar refractivity (Wildman–Crippen MR) is 142 cm³/mol. The van der Waals surface area contributed by atoms with Crippen LogP contribution in [0.15, 0.2) is 39.9 Å². The van der Waals surface area contributed by atoms with Crippen LogP contribution in [0.5, 0.6) is 0 Å². The van der Waals surface area contributed by atoms with E-state index >= 15 is 0 Å². The van der Waals surface area contributed by atoms with E-state index in [-0.39, 0.29) is 23.7 Å². The molecule has 2 aromatic rings. The lowest BCUT2D eigenvalue weighted by atomic mass is 10.1. The van der Waals surface area contributed by atoms with Crippen LogP contribution < -0.4 is 0 Å². The van der Waals surface area contributed by atoms with E-state index in [0.717, 1.165) is 40.0 Å². The van der Waals surface area contributed by atoms with Gasteiger partial charge >= 0.3 is 0 Å². The number of carbonyl (C=O) groups excluding carboxylic acids is 2. The molecule has 1 fully saturated rings. The molecule has 9 nitrogen and oxygen atoms in total. The van der Waals surface area contributed by atoms with E-state index < -0.39 is 5.91 Å². The Hall–Kier alpha value is -3.21. The Bertz CT molecular complexity index is 1390. The first-order chi connectivity index (χ1) is 17.2. The number of rotatable bonds is 4. The number of thioether (sulfide) groups is 1. The topological polar surface area (TPSA) is 103 Å². The van der Waals surface area contributed by atoms with E-state index in [9.17, 15) is 9.59 Å². The van der Waals surface area contributed by atoms with Crippen LogP contribution in [0.25, 0.3) is 11.8 Å². The van der Waals surface area contributed by atoms with E-state index in [2.05, 4.69) is 14.7 Å². The van der Waals surface area contributed by atoms with Crippen LogP contribution in [0.4, 0.5) is 0 Å². The minimum Gasteiger partial charge on any atom is -0.378 e. The molecule has 3 aliphatic rings. The maximum Gasteiger partial charge on any atom is 0.283 e. The Kier molecular flexibility index (Phi) is 6.59. The number of amides is 2. The Labute approximate surface area is 218 Å². The van der Waals surface area contributed by atoms with Crippen molar-refractivity contribution >= 4 is 57.3 Å². The minimum absolute atomic E-state index is 0.0534. The van der Waals surface area contributed by atoms with Crippen molar-refractivity contribution in [1.29, 1.82) is 5.41 Å². The lowest BCUT2D eigenvalue weighted by Crippen LogP contribution is -2.41. The Morgan fingerprint density at radius 1 is 1.25 bits per heavy atom. The number of halogens is 1. The van der Waals surface area contributed by atoms with Crippen molar-refractivity contribution in [1.82, 2.24) is 14.5 Å². The summed E-state index contributed by atoms with van der Waals surface area (Å²) in [5, 5.41) is 15.9. The first-order valence-corrected chi connectivity index (χ1v) is 12.7. The van der Waals surface area contributed by atoms with Crippen molar-refractivity contribution in [3.63, 3.8) is 0 Å². The molecule has 3 aliphatic heterocycles. The molecule has 186 valence electrons. The van der Waals surface area contributed by atoms with Crippen LogP contribution in [0.2, 0.25) is 5.02 Å². The molecule has 1 aromatic carbocycles. The number of amidine groups is 2. The van der Waals surface area contributed by atoms with Gasteiger partial charge in [0.1, 0.15) is 5.04 Å². The molecule has 0 saturated carbocycles. The highest BCUT2D eigenvalue weighted by molar-refractivity contribution is 8.27. The summed E-state index contributed by atoms with van der Waals surface area (Å²) in [6.45, 7) is 8.06. The first-order valence-electron chi connectivity index (χ1n) is 11.5. The van der Waals surface area contributed by atoms with Gasteiger partial charge in [0, 0.05) is 35.2 Å². The highest BCUT2D eigenvalue weighted by Crippen LogP contribution is 2.32. The fourth-order valence-corrected chi connectivity index (χ4v) is 5.50. The number of carbonyl (C=O) groups is 2. The number of benzene rings is 1. The van der Waals surface area contributed by atoms with Gasteiger partial charge in [-0.3, -0.25) is 15.0 Å². The molecule has 0 spiro atoms. The van der Waals surface area contributed by atoms with Gasteiger partial charge in [-0.05, 0) is 67.9 Å². The van der Waals surface area contributed by atoms with Crippen LogP contribution in [0.3, 0.4) is 0 Å². The summed E-state index contributed by atoms with van der Waals surface area (Å²) in [5.74, 6) is -0.615. The van der Waals surface area contributed by atoms with Crippen molar-refractivity contribution in [3.05, 3.63) is 57.4 Å². The lowest BCUT2D eigenvalue weighted by molar-refractivity contribution is -0.133. The minimum atomic E-state index is -0.501. The van der Waals surface area contributed by atoms with E-state index in [4.69, 9.17) is 21.7 Å². The molecule has 0 bridgehead atoms. The van der Waals surface area contributed by atoms with Crippen LogP contribution in [-0.2, 0) is 14.3 Å². The van der Waals surface area contributed by atoms with Gasteiger partial charge in [0.15, 0.2) is 5.84 Å². The predicted octanol–water partition coefficient (Wildman–Crippen LogP) is 3.92. The monoisotopic (exact) mass is 524 g/mol. The maximum absolute atomic E-state index is 12.9. The summed E-state index contributed by atoms with van der Waals surface area (Å²) in [5.41, 5.74) is 4.75. The number of morpholine rings is 1. The van der Waals surface area contributed by atoms with Gasteiger partial charge in [-0.2, -0.15) is 15.1 Å². The van der Waals surface area contributed by atoms with Crippen LogP contribution >= 0.6 is 23.4 Å². The summed E-state index contributed by atoms with van der Waals surface area (Å²) in [6, 6.07) is 7.73. The quantitative estimate of drug-likeness (QED) is 0.610. The maximum atomic E-state index is 12.9. The lowest BCUT2D eigenvalue weighted by Gasteiger charge is -2.26. The summed E-state index contributed by atoms with van der Waals surface area (Å²) < 4.78 is 7.38. The molecule has 0 aliphatic carbocycles. The smallest absolute Gasteiger partial charge is 0.283 e. The third-order valence-electron chi connectivity index (χ3n) is 6.41. The number of ether oxygens (including phenoxy) is 1. The number of hydrogen-bond donors (Lipinski definition) is 1. The van der Waals surface area contributed by atoms with Crippen LogP contribution in [0, 0.1) is 26.2 Å². The largest absolute Gasteiger partial charge is 0.378 e. The average molecular weight is 525 g/mol. The molecular formula is C25H25ClN6O3S. The van der Waals surface area contributed by atoms with Gasteiger partial charge in [0.05, 0.1) is 25.2 Å². The highest BCUT2D eigenvalue weighted by Gasteiger charge is 2.36. The van der Waals surface area contributed by atoms with Gasteiger partial charge in [0.2, 0.25) is 11.1 Å². The second-order valence-electron chi connectivity index (χ2n) is 8.73. The van der Waals surface area contributed by atoms with Gasteiger partial charge in [0.25, 0.3) is 5.91 Å². The zero-order chi connectivity index (χ0) is 25.6. The summed E-state index contributed by atoms with van der Waals surface area (Å²) in [6.07, 6.45) is 1.78. The molecule has 1 aromatic heterocycles. The fraction of sp³-hybridized carbons (Fsp3) is 0.320. The van der Waals surface area contributed by atoms with Crippen molar-refractivity contribution in [3.8, 4) is 5.69 Å². The molecule has 0 atom stereocenters. The first kappa shape index (κ1) is 24.5. The van der Waals surface area contributed by atoms with E-state index in [1.807, 2.05) is 45.0 Å². The molecule has 36 heavy (non-hydrogen) atoms. The third kappa shape index (κ3) is 4.40. The number of aromatic nitrogens is 1. The molecule has 11 heteroatoms. The highest BCUT2D eigenvalue weighted by atomic mass is 35.5. The second kappa shape index (κ2) is 9.68. The second-order valence-corrected chi connectivity index (χ2v) is 10.2. The number of aliphatic imine (C=N–C) groups is 1. The Morgan fingerprint density at radius 2 is 2.00 bits per heavy atom. The van der Waals surface area contributed by atoms with Gasteiger partial charge in [-0.15, -0.1) is 0 Å². The molecule has 2 amide bonds. The summed E-state index contributed by atoms with van der Waals surface area (Å²) in [4.78, 5) is 31.4. The van der Waals surface area contributed by atoms with Crippen molar-refractivity contribution < 1.29 is 14.3 Å². The standard InChI is InChI=1S/C25H25ClN6O3S/c1-14-11-17(16(3)31(14)20-6-4-5-19(26)15(20)2)12-18-23(27)32-25(28-24(18)34)36-21(29-32)13-22(33)30-7-9-35-10-8-30/h4-6,11-12,27H,7-10,13H2,1-3H3/b18-12-,27-23?. The number of nitrogens with one attached hydrogen (secondary N) is 1. The Balaban J connectivity index is 1.41. The van der Waals surface area contributed by atoms with Crippen molar-refractivity contribution in [2.24, 2.45) is 10.1 Å². The number of nitrogens with zero attached hydrogens (tertiary/aromatic N) is 5. The van der Waals surface area contributed by atoms with Crippen LogP contribution in [-0.4, -0.2) is 68.6 Å². The summed E-state index contributed by atoms with van der Waals surface area (Å²) in [7, 11) is 0. The zero-order valence-electron chi connectivity index (χ0n) is 20.2. The molecule has 4 heterocycles. The molecule has 5 rings (SSSR count). The van der Waals surface area contributed by atoms with E-state index in [0.29, 0.717) is 41.5 Å². The number of hydrogen-bond acceptors (Lipinski definition) is 6. The number of aryl methyl sites for hydroxylation is 1. The van der Waals surface area contributed by atoms with Gasteiger partial charge in [-0.1, -0.05) is 17.7 Å².